The number of unbranched alkanes of at least 4 members (excludes halogenated alkanes) is 2. The van der Waals surface area contributed by atoms with Crippen LogP contribution in [-0.2, 0) is 14.3 Å². The first-order chi connectivity index (χ1) is 10.6. The van der Waals surface area contributed by atoms with E-state index in [-0.39, 0.29) is 24.3 Å². The molecule has 5 heteroatoms. The Morgan fingerprint density at radius 1 is 1.32 bits per heavy atom. The molecule has 1 aliphatic rings. The number of Topliss-reactive ketones (excluding diaryl/α,β-unsaturated/α-hetero) is 1. The summed E-state index contributed by atoms with van der Waals surface area (Å²) in [5.74, 6) is 0.258. The highest BCUT2D eigenvalue weighted by molar-refractivity contribution is 5.82. The molecule has 2 N–H and O–H groups in total. The van der Waals surface area contributed by atoms with Crippen molar-refractivity contribution in [1.82, 2.24) is 4.90 Å². The Balaban J connectivity index is 2.06. The minimum Gasteiger partial charge on any atom is -0.374 e. The molecule has 0 unspecified atom stereocenters. The summed E-state index contributed by atoms with van der Waals surface area (Å²) in [4.78, 5) is 25.6. The van der Waals surface area contributed by atoms with Gasteiger partial charge in [-0.2, -0.15) is 0 Å². The zero-order chi connectivity index (χ0) is 16.4. The van der Waals surface area contributed by atoms with Gasteiger partial charge in [0, 0.05) is 25.6 Å². The van der Waals surface area contributed by atoms with E-state index in [2.05, 4.69) is 6.92 Å². The summed E-state index contributed by atoms with van der Waals surface area (Å²) >= 11 is 0. The number of ether oxygens (including phenoxy) is 1. The number of nitrogens with zero attached hydrogens (tertiary/aromatic N) is 1. The average Bonchev–Trinajstić information content (AvgIpc) is 2.92. The maximum absolute atomic E-state index is 12.2. The van der Waals surface area contributed by atoms with Gasteiger partial charge in [0.05, 0.1) is 6.04 Å². The summed E-state index contributed by atoms with van der Waals surface area (Å²) < 4.78 is 5.22. The maximum Gasteiger partial charge on any atom is 0.239 e. The van der Waals surface area contributed by atoms with Crippen molar-refractivity contribution in [2.45, 2.75) is 77.3 Å². The lowest BCUT2D eigenvalue weighted by Crippen LogP contribution is -2.45. The Morgan fingerprint density at radius 3 is 2.73 bits per heavy atom. The Morgan fingerprint density at radius 2 is 2.09 bits per heavy atom. The van der Waals surface area contributed by atoms with E-state index < -0.39 is 0 Å². The zero-order valence-corrected chi connectivity index (χ0v) is 14.2. The number of carbonyl (C=O) groups excluding carboxylic acids is 2. The van der Waals surface area contributed by atoms with Gasteiger partial charge in [-0.15, -0.1) is 0 Å². The van der Waals surface area contributed by atoms with Crippen LogP contribution in [0.25, 0.3) is 0 Å². The van der Waals surface area contributed by atoms with Gasteiger partial charge in [0.25, 0.3) is 0 Å². The van der Waals surface area contributed by atoms with Crippen molar-refractivity contribution in [1.29, 1.82) is 0 Å². The fourth-order valence-corrected chi connectivity index (χ4v) is 2.86. The molecule has 1 amide bonds. The Labute approximate surface area is 134 Å². The molecule has 1 saturated heterocycles. The predicted molar refractivity (Wildman–Crippen MR) is 87.6 cm³/mol. The van der Waals surface area contributed by atoms with E-state index in [1.165, 1.54) is 0 Å². The fourth-order valence-electron chi connectivity index (χ4n) is 2.86. The molecule has 1 heterocycles. The second kappa shape index (κ2) is 10.7. The van der Waals surface area contributed by atoms with E-state index in [1.807, 2.05) is 11.8 Å². The summed E-state index contributed by atoms with van der Waals surface area (Å²) in [6.45, 7) is 5.85. The van der Waals surface area contributed by atoms with E-state index >= 15 is 0 Å². The molecule has 0 radical (unpaired) electrons. The number of rotatable bonds is 11. The van der Waals surface area contributed by atoms with E-state index in [9.17, 15) is 9.59 Å². The normalized spacial score (nSPS) is 19.4. The standard InChI is InChI=1S/C17H32N2O3/c1-3-12-22-13-15(20)9-5-4-6-10-16(18)17(21)19-11-7-8-14(19)2/h14,16H,3-13,18H2,1-2H3/t14-,16+/m1/s1. The van der Waals surface area contributed by atoms with Gasteiger partial charge in [-0.25, -0.2) is 0 Å². The summed E-state index contributed by atoms with van der Waals surface area (Å²) in [5.41, 5.74) is 6.00. The first kappa shape index (κ1) is 19.1. The van der Waals surface area contributed by atoms with Crippen molar-refractivity contribution in [3.63, 3.8) is 0 Å². The predicted octanol–water partition coefficient (Wildman–Crippen LogP) is 2.27. The van der Waals surface area contributed by atoms with E-state index in [0.717, 1.165) is 45.1 Å². The molecule has 2 atom stereocenters. The molecule has 22 heavy (non-hydrogen) atoms. The SMILES string of the molecule is CCCOCC(=O)CCCCC[C@H](N)C(=O)N1CCC[C@H]1C. The minimum absolute atomic E-state index is 0.0917. The van der Waals surface area contributed by atoms with Gasteiger partial charge >= 0.3 is 0 Å². The minimum atomic E-state index is -0.385. The average molecular weight is 312 g/mol. The summed E-state index contributed by atoms with van der Waals surface area (Å²) in [6.07, 6.45) is 7.08. The van der Waals surface area contributed by atoms with Crippen molar-refractivity contribution >= 4 is 11.7 Å². The van der Waals surface area contributed by atoms with Crippen LogP contribution in [0.15, 0.2) is 0 Å². The Kier molecular flexibility index (Phi) is 9.32. The van der Waals surface area contributed by atoms with Gasteiger partial charge in [-0.3, -0.25) is 9.59 Å². The van der Waals surface area contributed by atoms with Crippen LogP contribution in [-0.4, -0.2) is 48.4 Å². The molecular weight excluding hydrogens is 280 g/mol. The highest BCUT2D eigenvalue weighted by Crippen LogP contribution is 2.18. The van der Waals surface area contributed by atoms with Crippen molar-refractivity contribution < 1.29 is 14.3 Å². The monoisotopic (exact) mass is 312 g/mol. The Bertz CT molecular complexity index is 347. The van der Waals surface area contributed by atoms with Crippen LogP contribution in [0.2, 0.25) is 0 Å². The first-order valence-electron chi connectivity index (χ1n) is 8.71. The summed E-state index contributed by atoms with van der Waals surface area (Å²) in [5, 5.41) is 0. The smallest absolute Gasteiger partial charge is 0.239 e. The van der Waals surface area contributed by atoms with Crippen LogP contribution in [0.5, 0.6) is 0 Å². The molecule has 0 aromatic carbocycles. The molecule has 0 aromatic heterocycles. The number of hydrogen-bond donors (Lipinski definition) is 1. The van der Waals surface area contributed by atoms with Crippen molar-refractivity contribution in [3.8, 4) is 0 Å². The molecule has 1 rings (SSSR count). The van der Waals surface area contributed by atoms with Crippen LogP contribution in [0.4, 0.5) is 0 Å². The van der Waals surface area contributed by atoms with Crippen LogP contribution in [0, 0.1) is 0 Å². The second-order valence-electron chi connectivity index (χ2n) is 6.32. The van der Waals surface area contributed by atoms with Gasteiger partial charge in [0.1, 0.15) is 6.61 Å². The maximum atomic E-state index is 12.2. The molecule has 128 valence electrons. The van der Waals surface area contributed by atoms with Crippen LogP contribution in [0.3, 0.4) is 0 Å². The van der Waals surface area contributed by atoms with Gasteiger partial charge in [-0.05, 0) is 39.0 Å². The highest BCUT2D eigenvalue weighted by atomic mass is 16.5. The van der Waals surface area contributed by atoms with Gasteiger partial charge in [-0.1, -0.05) is 19.8 Å². The van der Waals surface area contributed by atoms with Crippen molar-refractivity contribution in [2.75, 3.05) is 19.8 Å². The van der Waals surface area contributed by atoms with E-state index in [4.69, 9.17) is 10.5 Å². The molecule has 1 aliphatic heterocycles. The summed E-state index contributed by atoms with van der Waals surface area (Å²) in [6, 6.07) is -0.0524. The molecule has 0 spiro atoms. The molecule has 0 bridgehead atoms. The van der Waals surface area contributed by atoms with Crippen LogP contribution >= 0.6 is 0 Å². The van der Waals surface area contributed by atoms with Gasteiger partial charge in [0.2, 0.25) is 5.91 Å². The molecule has 0 aromatic rings. The molecule has 5 nitrogen and oxygen atoms in total. The lowest BCUT2D eigenvalue weighted by Gasteiger charge is -2.24. The van der Waals surface area contributed by atoms with Crippen molar-refractivity contribution in [2.24, 2.45) is 5.73 Å². The molecular formula is C17H32N2O3. The van der Waals surface area contributed by atoms with Gasteiger partial charge < -0.3 is 15.4 Å². The second-order valence-corrected chi connectivity index (χ2v) is 6.32. The van der Waals surface area contributed by atoms with Crippen molar-refractivity contribution in [3.05, 3.63) is 0 Å². The number of ketones is 1. The lowest BCUT2D eigenvalue weighted by atomic mass is 10.1. The van der Waals surface area contributed by atoms with E-state index in [1.54, 1.807) is 0 Å². The van der Waals surface area contributed by atoms with Crippen LogP contribution in [0.1, 0.15) is 65.2 Å². The molecule has 0 aliphatic carbocycles. The number of amides is 1. The number of carbonyl (C=O) groups is 2. The molecule has 0 saturated carbocycles. The van der Waals surface area contributed by atoms with Gasteiger partial charge in [0.15, 0.2) is 5.78 Å². The summed E-state index contributed by atoms with van der Waals surface area (Å²) in [7, 11) is 0. The zero-order valence-electron chi connectivity index (χ0n) is 14.2. The fraction of sp³-hybridized carbons (Fsp3) is 0.882. The Hall–Kier alpha value is -0.940. The third kappa shape index (κ3) is 6.88. The molecule has 1 fully saturated rings. The highest BCUT2D eigenvalue weighted by Gasteiger charge is 2.28. The largest absolute Gasteiger partial charge is 0.374 e. The van der Waals surface area contributed by atoms with E-state index in [0.29, 0.717) is 25.5 Å². The van der Waals surface area contributed by atoms with Crippen LogP contribution < -0.4 is 5.73 Å². The number of hydrogen-bond acceptors (Lipinski definition) is 4. The lowest BCUT2D eigenvalue weighted by molar-refractivity contribution is -0.133. The topological polar surface area (TPSA) is 72.6 Å². The third-order valence-electron chi connectivity index (χ3n) is 4.24. The first-order valence-corrected chi connectivity index (χ1v) is 8.71. The third-order valence-corrected chi connectivity index (χ3v) is 4.24. The number of nitrogens with two attached hydrogens (primary N) is 1. The number of likely N-dealkylation sites (tertiary alicyclic amines) is 1. The quantitative estimate of drug-likeness (QED) is 0.594.